The van der Waals surface area contributed by atoms with Crippen molar-refractivity contribution in [2.45, 2.75) is 25.9 Å². The van der Waals surface area contributed by atoms with Gasteiger partial charge >= 0.3 is 0 Å². The van der Waals surface area contributed by atoms with Gasteiger partial charge in [-0.2, -0.15) is 0 Å². The first-order chi connectivity index (χ1) is 12.1. The monoisotopic (exact) mass is 401 g/mol. The second-order valence-electron chi connectivity index (χ2n) is 6.22. The topological polar surface area (TPSA) is 42.2 Å². The number of aromatic nitrogens is 2. The van der Waals surface area contributed by atoms with Crippen LogP contribution >= 0.6 is 15.9 Å². The van der Waals surface area contributed by atoms with E-state index in [0.29, 0.717) is 18.3 Å². The van der Waals surface area contributed by atoms with Crippen LogP contribution in [0.1, 0.15) is 30.0 Å². The third-order valence-corrected chi connectivity index (χ3v) is 5.38. The van der Waals surface area contributed by atoms with Gasteiger partial charge in [-0.15, -0.1) is 10.2 Å². The standard InChI is InChI=1S/C19H17BrFN3O/c1-12-16-10-14(21)7-6-13(16)8-9-24(12)11-18-22-23-19(25-18)15-4-2-3-5-17(15)20/h2-7,10,12H,8-9,11H2,1H3. The van der Waals surface area contributed by atoms with E-state index in [1.807, 2.05) is 30.3 Å². The maximum absolute atomic E-state index is 13.6. The highest BCUT2D eigenvalue weighted by molar-refractivity contribution is 9.10. The predicted octanol–water partition coefficient (Wildman–Crippen LogP) is 4.76. The predicted molar refractivity (Wildman–Crippen MR) is 96.4 cm³/mol. The zero-order valence-corrected chi connectivity index (χ0v) is 15.3. The van der Waals surface area contributed by atoms with Gasteiger partial charge in [-0.1, -0.05) is 18.2 Å². The fourth-order valence-corrected chi connectivity index (χ4v) is 3.74. The molecule has 25 heavy (non-hydrogen) atoms. The fourth-order valence-electron chi connectivity index (χ4n) is 3.29. The summed E-state index contributed by atoms with van der Waals surface area (Å²) in [5.41, 5.74) is 3.13. The Morgan fingerprint density at radius 3 is 2.92 bits per heavy atom. The number of nitrogens with zero attached hydrogens (tertiary/aromatic N) is 3. The SMILES string of the molecule is CC1c2cc(F)ccc2CCN1Cc1nnc(-c2ccccc2Br)o1. The van der Waals surface area contributed by atoms with Gasteiger partial charge in [0.15, 0.2) is 0 Å². The third kappa shape index (κ3) is 3.24. The van der Waals surface area contributed by atoms with E-state index in [9.17, 15) is 4.39 Å². The minimum absolute atomic E-state index is 0.110. The molecule has 4 nitrogen and oxygen atoms in total. The van der Waals surface area contributed by atoms with E-state index < -0.39 is 0 Å². The first-order valence-corrected chi connectivity index (χ1v) is 9.01. The molecule has 128 valence electrons. The van der Waals surface area contributed by atoms with Crippen LogP contribution in [0, 0.1) is 5.82 Å². The maximum Gasteiger partial charge on any atom is 0.248 e. The number of halogens is 2. The van der Waals surface area contributed by atoms with Crippen molar-refractivity contribution >= 4 is 15.9 Å². The van der Waals surface area contributed by atoms with Crippen LogP contribution in [0.3, 0.4) is 0 Å². The maximum atomic E-state index is 13.6. The van der Waals surface area contributed by atoms with Gasteiger partial charge in [0.05, 0.1) is 12.1 Å². The molecule has 0 amide bonds. The fraction of sp³-hybridized carbons (Fsp3) is 0.263. The molecule has 0 saturated heterocycles. The second kappa shape index (κ2) is 6.69. The van der Waals surface area contributed by atoms with Crippen LogP contribution in [0.4, 0.5) is 4.39 Å². The Kier molecular flexibility index (Phi) is 4.39. The summed E-state index contributed by atoms with van der Waals surface area (Å²) in [6.45, 7) is 3.52. The smallest absolute Gasteiger partial charge is 0.248 e. The Morgan fingerprint density at radius 1 is 1.24 bits per heavy atom. The van der Waals surface area contributed by atoms with E-state index >= 15 is 0 Å². The van der Waals surface area contributed by atoms with Gasteiger partial charge in [0.2, 0.25) is 11.8 Å². The Morgan fingerprint density at radius 2 is 2.08 bits per heavy atom. The van der Waals surface area contributed by atoms with Crippen molar-refractivity contribution in [1.82, 2.24) is 15.1 Å². The van der Waals surface area contributed by atoms with Crippen molar-refractivity contribution in [3.8, 4) is 11.5 Å². The molecule has 2 aromatic carbocycles. The van der Waals surface area contributed by atoms with Crippen molar-refractivity contribution < 1.29 is 8.81 Å². The molecule has 3 aromatic rings. The van der Waals surface area contributed by atoms with E-state index in [1.165, 1.54) is 11.6 Å². The number of rotatable bonds is 3. The lowest BCUT2D eigenvalue weighted by molar-refractivity contribution is 0.172. The summed E-state index contributed by atoms with van der Waals surface area (Å²) in [5, 5.41) is 8.35. The van der Waals surface area contributed by atoms with E-state index in [-0.39, 0.29) is 11.9 Å². The summed E-state index contributed by atoms with van der Waals surface area (Å²) in [6, 6.07) is 12.9. The Balaban J connectivity index is 1.55. The Hall–Kier alpha value is -2.05. The molecule has 1 atom stereocenters. The molecule has 1 unspecified atom stereocenters. The molecular weight excluding hydrogens is 385 g/mol. The van der Waals surface area contributed by atoms with E-state index in [0.717, 1.165) is 28.6 Å². The molecule has 0 N–H and O–H groups in total. The third-order valence-electron chi connectivity index (χ3n) is 4.68. The number of hydrogen-bond acceptors (Lipinski definition) is 4. The molecule has 0 aliphatic carbocycles. The highest BCUT2D eigenvalue weighted by Gasteiger charge is 2.26. The molecule has 6 heteroatoms. The summed E-state index contributed by atoms with van der Waals surface area (Å²) in [6.07, 6.45) is 0.894. The molecule has 0 saturated carbocycles. The number of benzene rings is 2. The van der Waals surface area contributed by atoms with E-state index in [1.54, 1.807) is 6.07 Å². The highest BCUT2D eigenvalue weighted by Crippen LogP contribution is 2.32. The lowest BCUT2D eigenvalue weighted by atomic mass is 9.93. The van der Waals surface area contributed by atoms with Gasteiger partial charge in [-0.25, -0.2) is 4.39 Å². The van der Waals surface area contributed by atoms with Crippen LogP contribution < -0.4 is 0 Å². The van der Waals surface area contributed by atoms with Crippen molar-refractivity contribution in [1.29, 1.82) is 0 Å². The van der Waals surface area contributed by atoms with Gasteiger partial charge in [0.1, 0.15) is 5.82 Å². The summed E-state index contributed by atoms with van der Waals surface area (Å²) in [5.74, 6) is 0.873. The lowest BCUT2D eigenvalue weighted by Gasteiger charge is -2.34. The number of hydrogen-bond donors (Lipinski definition) is 0. The zero-order valence-electron chi connectivity index (χ0n) is 13.7. The van der Waals surface area contributed by atoms with Crippen LogP contribution in [0.25, 0.3) is 11.5 Å². The summed E-state index contributed by atoms with van der Waals surface area (Å²) < 4.78 is 20.3. The molecule has 1 aromatic heterocycles. The summed E-state index contributed by atoms with van der Waals surface area (Å²) in [7, 11) is 0. The van der Waals surface area contributed by atoms with Crippen molar-refractivity contribution in [3.05, 3.63) is 69.8 Å². The van der Waals surface area contributed by atoms with Gasteiger partial charge in [-0.05, 0) is 64.7 Å². The Labute approximate surface area is 153 Å². The average Bonchev–Trinajstić information content (AvgIpc) is 3.07. The average molecular weight is 402 g/mol. The van der Waals surface area contributed by atoms with E-state index in [2.05, 4.69) is 38.0 Å². The molecule has 2 heterocycles. The second-order valence-corrected chi connectivity index (χ2v) is 7.07. The molecule has 1 aliphatic rings. The minimum Gasteiger partial charge on any atom is -0.419 e. The zero-order chi connectivity index (χ0) is 17.4. The van der Waals surface area contributed by atoms with Gasteiger partial charge in [-0.3, -0.25) is 4.90 Å². The normalized spacial score (nSPS) is 17.5. The molecular formula is C19H17BrFN3O. The van der Waals surface area contributed by atoms with Gasteiger partial charge < -0.3 is 4.42 Å². The van der Waals surface area contributed by atoms with Crippen molar-refractivity contribution in [2.24, 2.45) is 0 Å². The summed E-state index contributed by atoms with van der Waals surface area (Å²) >= 11 is 3.50. The molecule has 0 fully saturated rings. The van der Waals surface area contributed by atoms with E-state index in [4.69, 9.17) is 4.42 Å². The lowest BCUT2D eigenvalue weighted by Crippen LogP contribution is -2.33. The molecule has 0 bridgehead atoms. The largest absolute Gasteiger partial charge is 0.419 e. The summed E-state index contributed by atoms with van der Waals surface area (Å²) in [4.78, 5) is 2.24. The van der Waals surface area contributed by atoms with Crippen LogP contribution in [-0.2, 0) is 13.0 Å². The number of fused-ring (bicyclic) bond motifs is 1. The first kappa shape index (κ1) is 16.4. The minimum atomic E-state index is -0.193. The van der Waals surface area contributed by atoms with Crippen LogP contribution in [0.15, 0.2) is 51.4 Å². The molecule has 1 aliphatic heterocycles. The molecule has 4 rings (SSSR count). The highest BCUT2D eigenvalue weighted by atomic mass is 79.9. The van der Waals surface area contributed by atoms with Crippen LogP contribution in [0.2, 0.25) is 0 Å². The molecule has 0 spiro atoms. The molecule has 0 radical (unpaired) electrons. The van der Waals surface area contributed by atoms with Gasteiger partial charge in [0, 0.05) is 17.1 Å². The van der Waals surface area contributed by atoms with Crippen molar-refractivity contribution in [3.63, 3.8) is 0 Å². The van der Waals surface area contributed by atoms with Gasteiger partial charge in [0.25, 0.3) is 0 Å². The van der Waals surface area contributed by atoms with Crippen LogP contribution in [-0.4, -0.2) is 21.6 Å². The quantitative estimate of drug-likeness (QED) is 0.634. The van der Waals surface area contributed by atoms with Crippen molar-refractivity contribution in [2.75, 3.05) is 6.54 Å². The van der Waals surface area contributed by atoms with Crippen LogP contribution in [0.5, 0.6) is 0 Å². The first-order valence-electron chi connectivity index (χ1n) is 8.21. The Bertz CT molecular complexity index is 911.